The molecule has 112 valence electrons. The van der Waals surface area contributed by atoms with Crippen LogP contribution in [0.15, 0.2) is 24.3 Å². The van der Waals surface area contributed by atoms with Gasteiger partial charge in [0.1, 0.15) is 12.4 Å². The van der Waals surface area contributed by atoms with E-state index in [0.29, 0.717) is 12.1 Å². The standard InChI is InChI=1S/C12H15F4N3O/c13-9-2-4-10(5-3-9)19(7-1-6-17)11(20)18-8-12(14,15)16/h2-5H,1,6-8,17H2,(H,18,20). The van der Waals surface area contributed by atoms with Gasteiger partial charge >= 0.3 is 12.2 Å². The molecule has 0 aliphatic carbocycles. The van der Waals surface area contributed by atoms with Gasteiger partial charge in [-0.2, -0.15) is 13.2 Å². The fraction of sp³-hybridized carbons (Fsp3) is 0.417. The highest BCUT2D eigenvalue weighted by molar-refractivity contribution is 5.91. The van der Waals surface area contributed by atoms with Gasteiger partial charge in [0.05, 0.1) is 0 Å². The average molecular weight is 293 g/mol. The van der Waals surface area contributed by atoms with E-state index >= 15 is 0 Å². The van der Waals surface area contributed by atoms with E-state index in [-0.39, 0.29) is 13.1 Å². The second kappa shape index (κ2) is 7.09. The number of amides is 2. The zero-order valence-electron chi connectivity index (χ0n) is 10.6. The maximum atomic E-state index is 12.8. The Labute approximate surface area is 113 Å². The number of halogens is 4. The van der Waals surface area contributed by atoms with Crippen molar-refractivity contribution in [3.63, 3.8) is 0 Å². The highest BCUT2D eigenvalue weighted by atomic mass is 19.4. The minimum Gasteiger partial charge on any atom is -0.330 e. The molecule has 1 rings (SSSR count). The largest absolute Gasteiger partial charge is 0.405 e. The first-order chi connectivity index (χ1) is 9.33. The Balaban J connectivity index is 2.77. The van der Waals surface area contributed by atoms with Gasteiger partial charge in [-0.3, -0.25) is 4.90 Å². The Kier molecular flexibility index (Phi) is 5.75. The molecule has 0 spiro atoms. The predicted molar refractivity (Wildman–Crippen MR) is 66.9 cm³/mol. The lowest BCUT2D eigenvalue weighted by Crippen LogP contribution is -2.44. The fourth-order valence-electron chi connectivity index (χ4n) is 1.49. The molecule has 3 N–H and O–H groups in total. The zero-order chi connectivity index (χ0) is 15.2. The number of alkyl halides is 3. The second-order valence-corrected chi connectivity index (χ2v) is 4.04. The Hall–Kier alpha value is -1.83. The number of nitrogens with one attached hydrogen (secondary N) is 1. The SMILES string of the molecule is NCCCN(C(=O)NCC(F)(F)F)c1ccc(F)cc1. The average Bonchev–Trinajstić information content (AvgIpc) is 2.38. The molecule has 8 heteroatoms. The molecule has 4 nitrogen and oxygen atoms in total. The lowest BCUT2D eigenvalue weighted by atomic mass is 10.2. The van der Waals surface area contributed by atoms with E-state index in [1.807, 2.05) is 0 Å². The number of carbonyl (C=O) groups excluding carboxylic acids is 1. The normalized spacial score (nSPS) is 11.2. The third kappa shape index (κ3) is 5.43. The maximum absolute atomic E-state index is 12.8. The third-order valence-electron chi connectivity index (χ3n) is 2.41. The van der Waals surface area contributed by atoms with Gasteiger partial charge in [0.25, 0.3) is 0 Å². The van der Waals surface area contributed by atoms with E-state index in [4.69, 9.17) is 5.73 Å². The van der Waals surface area contributed by atoms with Crippen molar-refractivity contribution in [1.82, 2.24) is 5.32 Å². The van der Waals surface area contributed by atoms with Crippen molar-refractivity contribution in [2.75, 3.05) is 24.5 Å². The van der Waals surface area contributed by atoms with Crippen LogP contribution in [0.5, 0.6) is 0 Å². The van der Waals surface area contributed by atoms with E-state index in [9.17, 15) is 22.4 Å². The molecule has 0 aliphatic rings. The Morgan fingerprint density at radius 3 is 2.35 bits per heavy atom. The molecule has 1 aromatic carbocycles. The highest BCUT2D eigenvalue weighted by Gasteiger charge is 2.29. The molecule has 0 bridgehead atoms. The van der Waals surface area contributed by atoms with E-state index in [2.05, 4.69) is 0 Å². The summed E-state index contributed by atoms with van der Waals surface area (Å²) in [5.41, 5.74) is 5.63. The molecule has 0 saturated carbocycles. The molecule has 0 fully saturated rings. The Bertz CT molecular complexity index is 433. The number of urea groups is 1. The molecule has 0 unspecified atom stereocenters. The number of hydrogen-bond acceptors (Lipinski definition) is 2. The van der Waals surface area contributed by atoms with Crippen LogP contribution in [0, 0.1) is 5.82 Å². The zero-order valence-corrected chi connectivity index (χ0v) is 10.6. The van der Waals surface area contributed by atoms with Crippen molar-refractivity contribution in [3.8, 4) is 0 Å². The van der Waals surface area contributed by atoms with Crippen molar-refractivity contribution < 1.29 is 22.4 Å². The summed E-state index contributed by atoms with van der Waals surface area (Å²) >= 11 is 0. The van der Waals surface area contributed by atoms with Crippen molar-refractivity contribution >= 4 is 11.7 Å². The highest BCUT2D eigenvalue weighted by Crippen LogP contribution is 2.17. The fourth-order valence-corrected chi connectivity index (χ4v) is 1.49. The molecular formula is C12H15F4N3O. The first-order valence-corrected chi connectivity index (χ1v) is 5.91. The second-order valence-electron chi connectivity index (χ2n) is 4.04. The van der Waals surface area contributed by atoms with Crippen molar-refractivity contribution in [2.24, 2.45) is 5.73 Å². The summed E-state index contributed by atoms with van der Waals surface area (Å²) in [6.45, 7) is -0.998. The summed E-state index contributed by atoms with van der Waals surface area (Å²) in [5, 5.41) is 1.77. The molecule has 2 amide bonds. The quantitative estimate of drug-likeness (QED) is 0.818. The summed E-state index contributed by atoms with van der Waals surface area (Å²) in [4.78, 5) is 12.9. The van der Waals surface area contributed by atoms with Crippen LogP contribution in [-0.4, -0.2) is 31.8 Å². The number of carbonyl (C=O) groups is 1. The predicted octanol–water partition coefficient (Wildman–Crippen LogP) is 2.25. The Morgan fingerprint density at radius 1 is 1.25 bits per heavy atom. The van der Waals surface area contributed by atoms with Crippen LogP contribution in [0.2, 0.25) is 0 Å². The van der Waals surface area contributed by atoms with Crippen molar-refractivity contribution in [3.05, 3.63) is 30.1 Å². The molecule has 20 heavy (non-hydrogen) atoms. The third-order valence-corrected chi connectivity index (χ3v) is 2.41. The molecule has 0 aromatic heterocycles. The van der Waals surface area contributed by atoms with Crippen LogP contribution in [-0.2, 0) is 0 Å². The minimum absolute atomic E-state index is 0.145. The number of nitrogens with two attached hydrogens (primary N) is 1. The van der Waals surface area contributed by atoms with Crippen LogP contribution in [0.25, 0.3) is 0 Å². The van der Waals surface area contributed by atoms with Gasteiger partial charge in [0, 0.05) is 12.2 Å². The van der Waals surface area contributed by atoms with Gasteiger partial charge in [-0.15, -0.1) is 0 Å². The Morgan fingerprint density at radius 2 is 1.85 bits per heavy atom. The number of hydrogen-bond donors (Lipinski definition) is 2. The van der Waals surface area contributed by atoms with Crippen molar-refractivity contribution in [1.29, 1.82) is 0 Å². The van der Waals surface area contributed by atoms with Crippen molar-refractivity contribution in [2.45, 2.75) is 12.6 Å². The monoisotopic (exact) mass is 293 g/mol. The molecule has 0 radical (unpaired) electrons. The maximum Gasteiger partial charge on any atom is 0.405 e. The number of nitrogens with zero attached hydrogens (tertiary/aromatic N) is 1. The van der Waals surface area contributed by atoms with Gasteiger partial charge in [-0.1, -0.05) is 0 Å². The van der Waals surface area contributed by atoms with Crippen LogP contribution < -0.4 is 16.0 Å². The molecule has 0 atom stereocenters. The minimum atomic E-state index is -4.49. The first kappa shape index (κ1) is 16.2. The summed E-state index contributed by atoms with van der Waals surface area (Å²) in [5.74, 6) is -0.497. The van der Waals surface area contributed by atoms with Gasteiger partial charge in [0.15, 0.2) is 0 Å². The van der Waals surface area contributed by atoms with E-state index in [1.54, 1.807) is 5.32 Å². The summed E-state index contributed by atoms with van der Waals surface area (Å²) < 4.78 is 49.1. The number of benzene rings is 1. The van der Waals surface area contributed by atoms with E-state index in [0.717, 1.165) is 17.0 Å². The van der Waals surface area contributed by atoms with Crippen LogP contribution in [0.4, 0.5) is 28.0 Å². The number of anilines is 1. The summed E-state index contributed by atoms with van der Waals surface area (Å²) in [7, 11) is 0. The lowest BCUT2D eigenvalue weighted by Gasteiger charge is -2.23. The van der Waals surface area contributed by atoms with Crippen LogP contribution in [0.3, 0.4) is 0 Å². The van der Waals surface area contributed by atoms with E-state index in [1.165, 1.54) is 12.1 Å². The lowest BCUT2D eigenvalue weighted by molar-refractivity contribution is -0.122. The van der Waals surface area contributed by atoms with Crippen LogP contribution >= 0.6 is 0 Å². The molecule has 0 heterocycles. The van der Waals surface area contributed by atoms with Gasteiger partial charge in [0.2, 0.25) is 0 Å². The molecule has 0 aliphatic heterocycles. The summed E-state index contributed by atoms with van der Waals surface area (Å²) in [6, 6.07) is 3.99. The van der Waals surface area contributed by atoms with Gasteiger partial charge in [-0.25, -0.2) is 9.18 Å². The molecular weight excluding hydrogens is 278 g/mol. The summed E-state index contributed by atoms with van der Waals surface area (Å²) in [6.07, 6.45) is -4.07. The van der Waals surface area contributed by atoms with E-state index < -0.39 is 24.6 Å². The first-order valence-electron chi connectivity index (χ1n) is 5.91. The molecule has 1 aromatic rings. The number of rotatable bonds is 5. The smallest absolute Gasteiger partial charge is 0.330 e. The molecule has 0 saturated heterocycles. The van der Waals surface area contributed by atoms with Gasteiger partial charge in [-0.05, 0) is 37.2 Å². The van der Waals surface area contributed by atoms with Gasteiger partial charge < -0.3 is 11.1 Å². The van der Waals surface area contributed by atoms with Crippen LogP contribution in [0.1, 0.15) is 6.42 Å². The topological polar surface area (TPSA) is 58.4 Å².